The summed E-state index contributed by atoms with van der Waals surface area (Å²) in [7, 11) is 0. The van der Waals surface area contributed by atoms with E-state index in [4.69, 9.17) is 4.42 Å². The fraction of sp³-hybridized carbons (Fsp3) is 0.333. The monoisotopic (exact) mass is 258 g/mol. The number of hydrogen-bond donors (Lipinski definition) is 1. The number of nitrogens with zero attached hydrogens (tertiary/aromatic N) is 1. The third-order valence-electron chi connectivity index (χ3n) is 2.92. The maximum atomic E-state index is 11.8. The number of anilines is 1. The minimum atomic E-state index is -0.00935. The van der Waals surface area contributed by atoms with Gasteiger partial charge in [0.15, 0.2) is 5.89 Å². The van der Waals surface area contributed by atoms with Gasteiger partial charge in [-0.1, -0.05) is 19.1 Å². The zero-order valence-corrected chi connectivity index (χ0v) is 11.3. The van der Waals surface area contributed by atoms with Gasteiger partial charge < -0.3 is 9.73 Å². The van der Waals surface area contributed by atoms with Gasteiger partial charge in [0.05, 0.1) is 5.69 Å². The van der Waals surface area contributed by atoms with Crippen molar-refractivity contribution < 1.29 is 9.21 Å². The van der Waals surface area contributed by atoms with Crippen molar-refractivity contribution in [3.8, 4) is 0 Å². The van der Waals surface area contributed by atoms with Crippen LogP contribution in [0, 0.1) is 6.92 Å². The molecular weight excluding hydrogens is 240 g/mol. The highest BCUT2D eigenvalue weighted by Gasteiger charge is 2.05. The molecule has 0 saturated heterocycles. The van der Waals surface area contributed by atoms with Crippen molar-refractivity contribution in [2.24, 2.45) is 0 Å². The van der Waals surface area contributed by atoms with Gasteiger partial charge in [-0.15, -0.1) is 0 Å². The van der Waals surface area contributed by atoms with Crippen LogP contribution < -0.4 is 5.32 Å². The summed E-state index contributed by atoms with van der Waals surface area (Å²) in [6.07, 6.45) is 3.59. The van der Waals surface area contributed by atoms with E-state index >= 15 is 0 Å². The Bertz CT molecular complexity index is 544. The van der Waals surface area contributed by atoms with Gasteiger partial charge in [0.25, 0.3) is 0 Å². The zero-order valence-electron chi connectivity index (χ0n) is 11.3. The van der Waals surface area contributed by atoms with Gasteiger partial charge in [-0.3, -0.25) is 4.79 Å². The van der Waals surface area contributed by atoms with Crippen molar-refractivity contribution >= 4 is 11.6 Å². The number of carbonyl (C=O) groups excluding carboxylic acids is 1. The molecular formula is C15H18N2O2. The number of hydrogen-bond acceptors (Lipinski definition) is 3. The Morgan fingerprint density at radius 2 is 2.05 bits per heavy atom. The number of aromatic nitrogens is 1. The lowest BCUT2D eigenvalue weighted by atomic mass is 10.1. The Balaban J connectivity index is 1.83. The summed E-state index contributed by atoms with van der Waals surface area (Å²) in [6, 6.07) is 7.90. The summed E-state index contributed by atoms with van der Waals surface area (Å²) in [5.74, 6) is 0.621. The van der Waals surface area contributed by atoms with Gasteiger partial charge in [-0.2, -0.15) is 0 Å². The Morgan fingerprint density at radius 1 is 1.32 bits per heavy atom. The lowest BCUT2D eigenvalue weighted by Gasteiger charge is -2.05. The topological polar surface area (TPSA) is 55.1 Å². The van der Waals surface area contributed by atoms with E-state index in [0.717, 1.165) is 17.8 Å². The van der Waals surface area contributed by atoms with Crippen molar-refractivity contribution in [2.45, 2.75) is 33.1 Å². The molecule has 4 heteroatoms. The average Bonchev–Trinajstić information content (AvgIpc) is 2.83. The van der Waals surface area contributed by atoms with Crippen molar-refractivity contribution in [3.63, 3.8) is 0 Å². The molecule has 1 N–H and O–H groups in total. The second-order valence-electron chi connectivity index (χ2n) is 4.46. The van der Waals surface area contributed by atoms with E-state index in [1.165, 1.54) is 5.56 Å². The summed E-state index contributed by atoms with van der Waals surface area (Å²) in [5.41, 5.74) is 2.91. The van der Waals surface area contributed by atoms with E-state index in [1.54, 1.807) is 13.2 Å². The summed E-state index contributed by atoms with van der Waals surface area (Å²) in [6.45, 7) is 3.90. The second kappa shape index (κ2) is 6.18. The largest absolute Gasteiger partial charge is 0.449 e. The molecule has 4 nitrogen and oxygen atoms in total. The zero-order chi connectivity index (χ0) is 13.7. The first-order valence-electron chi connectivity index (χ1n) is 6.47. The van der Waals surface area contributed by atoms with Crippen LogP contribution >= 0.6 is 0 Å². The fourth-order valence-corrected chi connectivity index (χ4v) is 1.81. The highest BCUT2D eigenvalue weighted by Crippen LogP contribution is 2.11. The average molecular weight is 258 g/mol. The number of oxazole rings is 1. The lowest BCUT2D eigenvalue weighted by molar-refractivity contribution is -0.116. The molecule has 2 rings (SSSR count). The molecule has 2 aromatic rings. The molecule has 0 aliphatic rings. The molecule has 0 radical (unpaired) electrons. The molecule has 100 valence electrons. The van der Waals surface area contributed by atoms with Crippen LogP contribution in [0.25, 0.3) is 0 Å². The van der Waals surface area contributed by atoms with E-state index < -0.39 is 0 Å². The van der Waals surface area contributed by atoms with Crippen LogP contribution in [0.5, 0.6) is 0 Å². The van der Waals surface area contributed by atoms with Gasteiger partial charge in [0.1, 0.15) is 6.26 Å². The molecule has 19 heavy (non-hydrogen) atoms. The Labute approximate surface area is 112 Å². The van der Waals surface area contributed by atoms with Gasteiger partial charge in [0, 0.05) is 25.5 Å². The number of amides is 1. The van der Waals surface area contributed by atoms with Crippen molar-refractivity contribution in [2.75, 3.05) is 5.32 Å². The smallest absolute Gasteiger partial charge is 0.224 e. The summed E-state index contributed by atoms with van der Waals surface area (Å²) in [4.78, 5) is 15.9. The summed E-state index contributed by atoms with van der Waals surface area (Å²) in [5, 5.41) is 2.87. The molecule has 0 atom stereocenters. The first-order chi connectivity index (χ1) is 9.17. The maximum absolute atomic E-state index is 11.8. The standard InChI is InChI=1S/C15H18N2O2/c1-3-12-4-6-13(7-5-12)17-15(18)9-8-14-10-19-11(2)16-14/h4-7,10H,3,8-9H2,1-2H3,(H,17,18). The summed E-state index contributed by atoms with van der Waals surface area (Å²) < 4.78 is 5.10. The minimum absolute atomic E-state index is 0.00935. The van der Waals surface area contributed by atoms with Crippen LogP contribution in [0.4, 0.5) is 5.69 Å². The molecule has 1 aromatic carbocycles. The molecule has 0 spiro atoms. The number of nitrogens with one attached hydrogen (secondary N) is 1. The Hall–Kier alpha value is -2.10. The van der Waals surface area contributed by atoms with E-state index in [1.807, 2.05) is 24.3 Å². The van der Waals surface area contributed by atoms with Crippen molar-refractivity contribution in [1.82, 2.24) is 4.98 Å². The number of carbonyl (C=O) groups is 1. The molecule has 0 aliphatic heterocycles. The van der Waals surface area contributed by atoms with Gasteiger partial charge in [0.2, 0.25) is 5.91 Å². The normalized spacial score (nSPS) is 10.4. The van der Waals surface area contributed by atoms with E-state index in [-0.39, 0.29) is 5.91 Å². The first kappa shape index (κ1) is 13.3. The third-order valence-corrected chi connectivity index (χ3v) is 2.92. The first-order valence-corrected chi connectivity index (χ1v) is 6.47. The van der Waals surface area contributed by atoms with Crippen LogP contribution in [0.2, 0.25) is 0 Å². The quantitative estimate of drug-likeness (QED) is 0.896. The second-order valence-corrected chi connectivity index (χ2v) is 4.46. The maximum Gasteiger partial charge on any atom is 0.224 e. The van der Waals surface area contributed by atoms with Crippen LogP contribution in [0.1, 0.15) is 30.5 Å². The number of rotatable bonds is 5. The molecule has 0 aliphatic carbocycles. The number of benzene rings is 1. The van der Waals surface area contributed by atoms with E-state index in [9.17, 15) is 4.79 Å². The van der Waals surface area contributed by atoms with Crippen LogP contribution in [-0.4, -0.2) is 10.9 Å². The lowest BCUT2D eigenvalue weighted by Crippen LogP contribution is -2.12. The molecule has 0 fully saturated rings. The van der Waals surface area contributed by atoms with Crippen LogP contribution in [0.3, 0.4) is 0 Å². The minimum Gasteiger partial charge on any atom is -0.449 e. The van der Waals surface area contributed by atoms with E-state index in [0.29, 0.717) is 18.7 Å². The Morgan fingerprint density at radius 3 is 2.63 bits per heavy atom. The molecule has 0 unspecified atom stereocenters. The highest BCUT2D eigenvalue weighted by molar-refractivity contribution is 5.90. The third kappa shape index (κ3) is 3.95. The molecule has 1 amide bonds. The summed E-state index contributed by atoms with van der Waals surface area (Å²) >= 11 is 0. The molecule has 0 bridgehead atoms. The Kier molecular flexibility index (Phi) is 4.34. The van der Waals surface area contributed by atoms with Crippen LogP contribution in [0.15, 0.2) is 34.9 Å². The van der Waals surface area contributed by atoms with E-state index in [2.05, 4.69) is 17.2 Å². The molecule has 1 aromatic heterocycles. The van der Waals surface area contributed by atoms with Crippen molar-refractivity contribution in [3.05, 3.63) is 47.7 Å². The van der Waals surface area contributed by atoms with Gasteiger partial charge >= 0.3 is 0 Å². The van der Waals surface area contributed by atoms with Gasteiger partial charge in [-0.25, -0.2) is 4.98 Å². The van der Waals surface area contributed by atoms with Crippen LogP contribution in [-0.2, 0) is 17.6 Å². The van der Waals surface area contributed by atoms with Gasteiger partial charge in [-0.05, 0) is 24.1 Å². The fourth-order valence-electron chi connectivity index (χ4n) is 1.81. The predicted octanol–water partition coefficient (Wildman–Crippen LogP) is 3.12. The predicted molar refractivity (Wildman–Crippen MR) is 74.0 cm³/mol. The molecule has 0 saturated carbocycles. The SMILES string of the molecule is CCc1ccc(NC(=O)CCc2coc(C)n2)cc1. The number of aryl methyl sites for hydroxylation is 3. The van der Waals surface area contributed by atoms with Crippen molar-refractivity contribution in [1.29, 1.82) is 0 Å². The highest BCUT2D eigenvalue weighted by atomic mass is 16.3. The molecule has 1 heterocycles.